The quantitative estimate of drug-likeness (QED) is 0.692. The summed E-state index contributed by atoms with van der Waals surface area (Å²) in [6.07, 6.45) is 0. The molecule has 0 radical (unpaired) electrons. The Balaban J connectivity index is 2.33. The Morgan fingerprint density at radius 3 is 2.44 bits per heavy atom. The van der Waals surface area contributed by atoms with Crippen LogP contribution in [0.3, 0.4) is 0 Å². The van der Waals surface area contributed by atoms with Crippen LogP contribution in [0.1, 0.15) is 5.56 Å². The standard InChI is InChI=1S/C13H8BrClF2O/c14-7-8-5-10(16)2-4-12(8)18-13-3-1-9(15)6-11(13)17/h1-6H,7H2. The molecular formula is C13H8BrClF2O. The molecule has 0 fully saturated rings. The van der Waals surface area contributed by atoms with Gasteiger partial charge in [0.2, 0.25) is 0 Å². The molecule has 0 unspecified atom stereocenters. The summed E-state index contributed by atoms with van der Waals surface area (Å²) in [5, 5.41) is 0.703. The van der Waals surface area contributed by atoms with Gasteiger partial charge in [0.05, 0.1) is 0 Å². The molecule has 2 aromatic carbocycles. The second-order valence-electron chi connectivity index (χ2n) is 3.56. The van der Waals surface area contributed by atoms with Crippen LogP contribution in [0.5, 0.6) is 11.5 Å². The van der Waals surface area contributed by atoms with Gasteiger partial charge in [-0.25, -0.2) is 8.78 Å². The number of ether oxygens (including phenoxy) is 1. The Bertz CT molecular complexity index is 575. The average molecular weight is 334 g/mol. The Hall–Kier alpha value is -1.13. The van der Waals surface area contributed by atoms with Gasteiger partial charge in [-0.1, -0.05) is 27.5 Å². The molecule has 0 aliphatic heterocycles. The third-order valence-electron chi connectivity index (χ3n) is 2.28. The zero-order chi connectivity index (χ0) is 13.1. The second kappa shape index (κ2) is 5.67. The van der Waals surface area contributed by atoms with Crippen molar-refractivity contribution in [1.29, 1.82) is 0 Å². The van der Waals surface area contributed by atoms with Crippen molar-refractivity contribution >= 4 is 27.5 Å². The minimum absolute atomic E-state index is 0.0493. The first-order chi connectivity index (χ1) is 8.60. The smallest absolute Gasteiger partial charge is 0.167 e. The van der Waals surface area contributed by atoms with Crippen molar-refractivity contribution < 1.29 is 13.5 Å². The second-order valence-corrected chi connectivity index (χ2v) is 4.56. The highest BCUT2D eigenvalue weighted by Gasteiger charge is 2.09. The summed E-state index contributed by atoms with van der Waals surface area (Å²) < 4.78 is 32.0. The molecule has 0 aliphatic carbocycles. The topological polar surface area (TPSA) is 9.23 Å². The lowest BCUT2D eigenvalue weighted by Gasteiger charge is -2.10. The van der Waals surface area contributed by atoms with Gasteiger partial charge in [-0.3, -0.25) is 0 Å². The molecular weight excluding hydrogens is 325 g/mol. The van der Waals surface area contributed by atoms with Crippen LogP contribution in [0.25, 0.3) is 0 Å². The minimum atomic E-state index is -0.563. The van der Waals surface area contributed by atoms with E-state index in [4.69, 9.17) is 16.3 Å². The lowest BCUT2D eigenvalue weighted by Crippen LogP contribution is -1.93. The average Bonchev–Trinajstić information content (AvgIpc) is 2.34. The van der Waals surface area contributed by atoms with E-state index in [1.807, 2.05) is 0 Å². The predicted octanol–water partition coefficient (Wildman–Crippen LogP) is 5.31. The van der Waals surface area contributed by atoms with Crippen LogP contribution < -0.4 is 4.74 Å². The summed E-state index contributed by atoms with van der Waals surface area (Å²) >= 11 is 8.87. The molecule has 0 aliphatic rings. The molecule has 0 heterocycles. The highest BCUT2D eigenvalue weighted by Crippen LogP contribution is 2.30. The van der Waals surface area contributed by atoms with E-state index in [0.717, 1.165) is 6.07 Å². The lowest BCUT2D eigenvalue weighted by atomic mass is 10.2. The van der Waals surface area contributed by atoms with Crippen LogP contribution in [0.15, 0.2) is 36.4 Å². The van der Waals surface area contributed by atoms with E-state index in [2.05, 4.69) is 15.9 Å². The van der Waals surface area contributed by atoms with E-state index in [9.17, 15) is 8.78 Å². The van der Waals surface area contributed by atoms with Crippen LogP contribution >= 0.6 is 27.5 Å². The molecule has 1 nitrogen and oxygen atoms in total. The van der Waals surface area contributed by atoms with Gasteiger partial charge in [-0.05, 0) is 36.4 Å². The Morgan fingerprint density at radius 1 is 1.06 bits per heavy atom. The maximum Gasteiger partial charge on any atom is 0.167 e. The van der Waals surface area contributed by atoms with Gasteiger partial charge in [0.25, 0.3) is 0 Å². The Morgan fingerprint density at radius 2 is 1.78 bits per heavy atom. The molecule has 0 amide bonds. The fourth-order valence-electron chi connectivity index (χ4n) is 1.43. The van der Waals surface area contributed by atoms with Crippen molar-refractivity contribution in [3.05, 3.63) is 58.6 Å². The van der Waals surface area contributed by atoms with Gasteiger partial charge >= 0.3 is 0 Å². The van der Waals surface area contributed by atoms with Crippen LogP contribution in [-0.2, 0) is 5.33 Å². The van der Waals surface area contributed by atoms with Crippen molar-refractivity contribution in [2.24, 2.45) is 0 Å². The Kier molecular flexibility index (Phi) is 4.19. The van der Waals surface area contributed by atoms with Crippen molar-refractivity contribution in [1.82, 2.24) is 0 Å². The number of hydrogen-bond acceptors (Lipinski definition) is 1. The molecule has 0 spiro atoms. The summed E-state index contributed by atoms with van der Waals surface area (Å²) in [5.41, 5.74) is 0.601. The zero-order valence-electron chi connectivity index (χ0n) is 9.09. The third-order valence-corrected chi connectivity index (χ3v) is 3.12. The van der Waals surface area contributed by atoms with Crippen molar-refractivity contribution in [3.63, 3.8) is 0 Å². The molecule has 0 bridgehead atoms. The number of hydrogen-bond donors (Lipinski definition) is 0. The summed E-state index contributed by atoms with van der Waals surface area (Å²) in [6.45, 7) is 0. The molecule has 5 heteroatoms. The number of alkyl halides is 1. The van der Waals surface area contributed by atoms with E-state index in [1.165, 1.54) is 30.3 Å². The molecule has 2 aromatic rings. The van der Waals surface area contributed by atoms with Gasteiger partial charge in [-0.2, -0.15) is 0 Å². The van der Waals surface area contributed by atoms with E-state index < -0.39 is 5.82 Å². The maximum absolute atomic E-state index is 13.6. The van der Waals surface area contributed by atoms with Crippen LogP contribution in [-0.4, -0.2) is 0 Å². The third kappa shape index (κ3) is 3.00. The molecule has 18 heavy (non-hydrogen) atoms. The van der Waals surface area contributed by atoms with E-state index in [0.29, 0.717) is 21.7 Å². The summed E-state index contributed by atoms with van der Waals surface area (Å²) in [5.74, 6) is -0.483. The highest BCUT2D eigenvalue weighted by molar-refractivity contribution is 9.08. The van der Waals surface area contributed by atoms with Crippen molar-refractivity contribution in [2.45, 2.75) is 5.33 Å². The largest absolute Gasteiger partial charge is 0.454 e. The van der Waals surface area contributed by atoms with E-state index in [1.54, 1.807) is 0 Å². The normalized spacial score (nSPS) is 10.4. The van der Waals surface area contributed by atoms with Gasteiger partial charge in [0, 0.05) is 15.9 Å². The first-order valence-electron chi connectivity index (χ1n) is 5.07. The predicted molar refractivity (Wildman–Crippen MR) is 70.5 cm³/mol. The fraction of sp³-hybridized carbons (Fsp3) is 0.0769. The van der Waals surface area contributed by atoms with Crippen LogP contribution in [0.4, 0.5) is 8.78 Å². The first kappa shape index (κ1) is 13.3. The highest BCUT2D eigenvalue weighted by atomic mass is 79.9. The Labute approximate surface area is 116 Å². The minimum Gasteiger partial charge on any atom is -0.454 e. The molecule has 0 saturated heterocycles. The maximum atomic E-state index is 13.6. The van der Waals surface area contributed by atoms with E-state index >= 15 is 0 Å². The SMILES string of the molecule is Fc1ccc(Oc2ccc(Cl)cc2F)c(CBr)c1. The number of rotatable bonds is 3. The van der Waals surface area contributed by atoms with Gasteiger partial charge < -0.3 is 4.74 Å². The van der Waals surface area contributed by atoms with Gasteiger partial charge in [-0.15, -0.1) is 0 Å². The lowest BCUT2D eigenvalue weighted by molar-refractivity contribution is 0.438. The van der Waals surface area contributed by atoms with Crippen LogP contribution in [0, 0.1) is 11.6 Å². The van der Waals surface area contributed by atoms with Gasteiger partial charge in [0.1, 0.15) is 11.6 Å². The molecule has 0 N–H and O–H groups in total. The first-order valence-corrected chi connectivity index (χ1v) is 6.57. The summed E-state index contributed by atoms with van der Waals surface area (Å²) in [7, 11) is 0. The summed E-state index contributed by atoms with van der Waals surface area (Å²) in [4.78, 5) is 0. The molecule has 94 valence electrons. The van der Waals surface area contributed by atoms with Crippen molar-refractivity contribution in [3.8, 4) is 11.5 Å². The fourth-order valence-corrected chi connectivity index (χ4v) is 2.03. The monoisotopic (exact) mass is 332 g/mol. The molecule has 0 aromatic heterocycles. The van der Waals surface area contributed by atoms with E-state index in [-0.39, 0.29) is 11.6 Å². The zero-order valence-corrected chi connectivity index (χ0v) is 11.4. The molecule has 0 saturated carbocycles. The number of halogens is 4. The van der Waals surface area contributed by atoms with Gasteiger partial charge in [0.15, 0.2) is 11.6 Å². The molecule has 2 rings (SSSR count). The number of benzene rings is 2. The summed E-state index contributed by atoms with van der Waals surface area (Å²) in [6, 6.07) is 8.16. The van der Waals surface area contributed by atoms with Crippen LogP contribution in [0.2, 0.25) is 5.02 Å². The molecule has 0 atom stereocenters. The van der Waals surface area contributed by atoms with Crippen molar-refractivity contribution in [2.75, 3.05) is 0 Å².